The molecule has 0 radical (unpaired) electrons. The number of nitrogens with zero attached hydrogens (tertiary/aromatic N) is 4. The molecule has 146 valence electrons. The topological polar surface area (TPSA) is 109 Å². The molecule has 3 rings (SSSR count). The molecular formula is C17H24N6O3S. The predicted octanol–water partition coefficient (Wildman–Crippen LogP) is 0.776. The maximum absolute atomic E-state index is 12.7. The summed E-state index contributed by atoms with van der Waals surface area (Å²) in [4.78, 5) is 16.4. The van der Waals surface area contributed by atoms with Gasteiger partial charge >= 0.3 is 6.03 Å². The molecule has 2 N–H and O–H groups in total. The van der Waals surface area contributed by atoms with E-state index in [-0.39, 0.29) is 18.6 Å². The zero-order chi connectivity index (χ0) is 19.4. The summed E-state index contributed by atoms with van der Waals surface area (Å²) in [5, 5.41) is 9.68. The van der Waals surface area contributed by atoms with Gasteiger partial charge in [-0.15, -0.1) is 0 Å². The van der Waals surface area contributed by atoms with Crippen molar-refractivity contribution < 1.29 is 13.2 Å². The van der Waals surface area contributed by atoms with E-state index in [9.17, 15) is 13.2 Å². The van der Waals surface area contributed by atoms with Crippen molar-refractivity contribution >= 4 is 16.1 Å². The van der Waals surface area contributed by atoms with Gasteiger partial charge in [-0.25, -0.2) is 18.2 Å². The summed E-state index contributed by atoms with van der Waals surface area (Å²) < 4.78 is 28.4. The van der Waals surface area contributed by atoms with E-state index in [0.29, 0.717) is 36.7 Å². The summed E-state index contributed by atoms with van der Waals surface area (Å²) >= 11 is 0. The normalized spacial score (nSPS) is 16.2. The van der Waals surface area contributed by atoms with Crippen molar-refractivity contribution in [2.24, 2.45) is 7.05 Å². The van der Waals surface area contributed by atoms with Gasteiger partial charge in [0.25, 0.3) is 0 Å². The molecule has 1 aliphatic heterocycles. The lowest BCUT2D eigenvalue weighted by atomic mass is 10.1. The molecule has 9 nitrogen and oxygen atoms in total. The monoisotopic (exact) mass is 392 g/mol. The highest BCUT2D eigenvalue weighted by Crippen LogP contribution is 2.21. The van der Waals surface area contributed by atoms with Crippen molar-refractivity contribution in [3.05, 3.63) is 42.0 Å². The summed E-state index contributed by atoms with van der Waals surface area (Å²) in [6.45, 7) is 2.92. The Bertz CT molecular complexity index is 886. The van der Waals surface area contributed by atoms with E-state index in [1.165, 1.54) is 4.31 Å². The molecule has 2 heterocycles. The van der Waals surface area contributed by atoms with Crippen molar-refractivity contribution in [2.75, 3.05) is 13.1 Å². The Labute approximate surface area is 158 Å². The second-order valence-corrected chi connectivity index (χ2v) is 8.59. The van der Waals surface area contributed by atoms with Crippen LogP contribution in [0.1, 0.15) is 24.2 Å². The number of benzene rings is 1. The minimum atomic E-state index is -3.49. The van der Waals surface area contributed by atoms with E-state index in [1.54, 1.807) is 42.3 Å². The number of hydrogen-bond acceptors (Lipinski definition) is 5. The number of aromatic nitrogens is 3. The molecule has 0 saturated carbocycles. The van der Waals surface area contributed by atoms with Crippen LogP contribution in [0.2, 0.25) is 0 Å². The molecule has 1 saturated heterocycles. The lowest BCUT2D eigenvalue weighted by Gasteiger charge is -2.31. The molecule has 2 amide bonds. The van der Waals surface area contributed by atoms with E-state index in [1.807, 2.05) is 6.92 Å². The molecular weight excluding hydrogens is 368 g/mol. The molecule has 0 unspecified atom stereocenters. The first kappa shape index (κ1) is 19.3. The quantitative estimate of drug-likeness (QED) is 0.781. The Morgan fingerprint density at radius 1 is 1.22 bits per heavy atom. The average molecular weight is 392 g/mol. The van der Waals surface area contributed by atoms with Crippen molar-refractivity contribution in [2.45, 2.75) is 37.2 Å². The van der Waals surface area contributed by atoms with Gasteiger partial charge in [0.15, 0.2) is 5.82 Å². The SMILES string of the molecule is Cc1ccc(S(=O)(=O)N2CCC(NC(=O)NCc3ncn(C)n3)CC2)cc1. The van der Waals surface area contributed by atoms with Gasteiger partial charge in [0.05, 0.1) is 11.4 Å². The van der Waals surface area contributed by atoms with Crippen LogP contribution < -0.4 is 10.6 Å². The van der Waals surface area contributed by atoms with E-state index in [2.05, 4.69) is 20.7 Å². The first-order chi connectivity index (χ1) is 12.8. The number of hydrogen-bond donors (Lipinski definition) is 2. The van der Waals surface area contributed by atoms with E-state index in [0.717, 1.165) is 5.56 Å². The summed E-state index contributed by atoms with van der Waals surface area (Å²) in [5.41, 5.74) is 1.02. The van der Waals surface area contributed by atoms with Crippen LogP contribution in [0.25, 0.3) is 0 Å². The molecule has 1 fully saturated rings. The summed E-state index contributed by atoms with van der Waals surface area (Å²) in [6.07, 6.45) is 2.71. The number of piperidine rings is 1. The molecule has 10 heteroatoms. The average Bonchev–Trinajstić information content (AvgIpc) is 3.06. The number of aryl methyl sites for hydroxylation is 2. The van der Waals surface area contributed by atoms with E-state index >= 15 is 0 Å². The van der Waals surface area contributed by atoms with Crippen molar-refractivity contribution in [1.29, 1.82) is 0 Å². The number of carbonyl (C=O) groups excluding carboxylic acids is 1. The fraction of sp³-hybridized carbons (Fsp3) is 0.471. The lowest BCUT2D eigenvalue weighted by molar-refractivity contribution is 0.227. The Morgan fingerprint density at radius 2 is 1.89 bits per heavy atom. The maximum atomic E-state index is 12.7. The van der Waals surface area contributed by atoms with Gasteiger partial charge in [0.2, 0.25) is 10.0 Å². The number of nitrogens with one attached hydrogen (secondary N) is 2. The Kier molecular flexibility index (Phi) is 5.76. The van der Waals surface area contributed by atoms with Crippen molar-refractivity contribution in [3.8, 4) is 0 Å². The molecule has 2 aromatic rings. The molecule has 27 heavy (non-hydrogen) atoms. The first-order valence-corrected chi connectivity index (χ1v) is 10.2. The van der Waals surface area contributed by atoms with Crippen LogP contribution >= 0.6 is 0 Å². The highest BCUT2D eigenvalue weighted by molar-refractivity contribution is 7.89. The van der Waals surface area contributed by atoms with Crippen LogP contribution in [0.3, 0.4) is 0 Å². The molecule has 0 atom stereocenters. The van der Waals surface area contributed by atoms with Gasteiger partial charge in [-0.3, -0.25) is 4.68 Å². The minimum Gasteiger partial charge on any atom is -0.335 e. The first-order valence-electron chi connectivity index (χ1n) is 8.80. The zero-order valence-electron chi connectivity index (χ0n) is 15.4. The Morgan fingerprint density at radius 3 is 2.48 bits per heavy atom. The molecule has 1 aromatic carbocycles. The van der Waals surface area contributed by atoms with Gasteiger partial charge in [0.1, 0.15) is 6.33 Å². The van der Waals surface area contributed by atoms with Gasteiger partial charge in [-0.1, -0.05) is 17.7 Å². The second kappa shape index (κ2) is 8.05. The number of amides is 2. The summed E-state index contributed by atoms with van der Waals surface area (Å²) in [6, 6.07) is 6.49. The number of urea groups is 1. The molecule has 0 aliphatic carbocycles. The Balaban J connectivity index is 1.48. The minimum absolute atomic E-state index is 0.0637. The van der Waals surface area contributed by atoms with Crippen LogP contribution in [0.4, 0.5) is 4.79 Å². The molecule has 0 spiro atoms. The predicted molar refractivity (Wildman–Crippen MR) is 99.3 cm³/mol. The van der Waals surface area contributed by atoms with E-state index in [4.69, 9.17) is 0 Å². The molecule has 1 aliphatic rings. The fourth-order valence-electron chi connectivity index (χ4n) is 2.96. The highest BCUT2D eigenvalue weighted by Gasteiger charge is 2.29. The second-order valence-electron chi connectivity index (χ2n) is 6.65. The fourth-order valence-corrected chi connectivity index (χ4v) is 4.43. The smallest absolute Gasteiger partial charge is 0.315 e. The third kappa shape index (κ3) is 4.83. The van der Waals surface area contributed by atoms with E-state index < -0.39 is 10.0 Å². The third-order valence-corrected chi connectivity index (χ3v) is 6.41. The molecule has 0 bridgehead atoms. The van der Waals surface area contributed by atoms with Crippen molar-refractivity contribution in [1.82, 2.24) is 29.7 Å². The van der Waals surface area contributed by atoms with Gasteiger partial charge in [-0.2, -0.15) is 9.40 Å². The summed E-state index contributed by atoms with van der Waals surface area (Å²) in [5.74, 6) is 0.534. The Hall–Kier alpha value is -2.46. The third-order valence-electron chi connectivity index (χ3n) is 4.50. The number of rotatable bonds is 5. The van der Waals surface area contributed by atoms with Crippen LogP contribution in [0.15, 0.2) is 35.5 Å². The standard InChI is InChI=1S/C17H24N6O3S/c1-13-3-5-15(6-4-13)27(25,26)23-9-7-14(8-10-23)20-17(24)18-11-16-19-12-22(2)21-16/h3-6,12,14H,7-11H2,1-2H3,(H2,18,20,24). The van der Waals surface area contributed by atoms with Crippen LogP contribution in [0.5, 0.6) is 0 Å². The lowest BCUT2D eigenvalue weighted by Crippen LogP contribution is -2.49. The largest absolute Gasteiger partial charge is 0.335 e. The van der Waals surface area contributed by atoms with Crippen LogP contribution in [0, 0.1) is 6.92 Å². The van der Waals surface area contributed by atoms with Gasteiger partial charge < -0.3 is 10.6 Å². The maximum Gasteiger partial charge on any atom is 0.315 e. The molecule has 1 aromatic heterocycles. The van der Waals surface area contributed by atoms with Gasteiger partial charge in [0, 0.05) is 26.2 Å². The van der Waals surface area contributed by atoms with Gasteiger partial charge in [-0.05, 0) is 31.9 Å². The zero-order valence-corrected chi connectivity index (χ0v) is 16.2. The summed E-state index contributed by atoms with van der Waals surface area (Å²) in [7, 11) is -1.73. The van der Waals surface area contributed by atoms with Crippen molar-refractivity contribution in [3.63, 3.8) is 0 Å². The number of sulfonamides is 1. The highest BCUT2D eigenvalue weighted by atomic mass is 32.2. The number of carbonyl (C=O) groups is 1. The van der Waals surface area contributed by atoms with Crippen LogP contribution in [-0.4, -0.2) is 52.6 Å². The van der Waals surface area contributed by atoms with Crippen LogP contribution in [-0.2, 0) is 23.6 Å².